The van der Waals surface area contributed by atoms with Gasteiger partial charge in [-0.15, -0.1) is 10.2 Å². The second-order valence-corrected chi connectivity index (χ2v) is 4.45. The summed E-state index contributed by atoms with van der Waals surface area (Å²) < 4.78 is 2.01. The summed E-state index contributed by atoms with van der Waals surface area (Å²) in [6.45, 7) is 0.943. The van der Waals surface area contributed by atoms with Gasteiger partial charge in [-0.2, -0.15) is 5.10 Å². The zero-order valence-corrected chi connectivity index (χ0v) is 9.67. The number of aromatic amines is 1. The van der Waals surface area contributed by atoms with Crippen LogP contribution in [-0.4, -0.2) is 31.3 Å². The maximum absolute atomic E-state index is 4.14. The molecule has 0 aromatic carbocycles. The molecule has 4 rings (SSSR count). The Balaban J connectivity index is 1.92. The second kappa shape index (κ2) is 3.64. The van der Waals surface area contributed by atoms with Gasteiger partial charge in [0.25, 0.3) is 0 Å². The van der Waals surface area contributed by atoms with Gasteiger partial charge < -0.3 is 5.32 Å². The van der Waals surface area contributed by atoms with Gasteiger partial charge in [0.15, 0.2) is 5.65 Å². The Morgan fingerprint density at radius 2 is 2.33 bits per heavy atom. The summed E-state index contributed by atoms with van der Waals surface area (Å²) in [4.78, 5) is 0. The Hall–Kier alpha value is -2.21. The topological polar surface area (TPSA) is 70.9 Å². The minimum atomic E-state index is 0.146. The standard InChI is InChI=1S/C12H12N6/c1-2-10(18-7-15-17-11(18)3-1)12-8-6-14-16-9(8)4-5-13-12/h1-3,6-7,12-13H,4-5H2,(H,14,16). The van der Waals surface area contributed by atoms with Gasteiger partial charge in [0.1, 0.15) is 6.33 Å². The predicted octanol–water partition coefficient (Wildman–Crippen LogP) is 0.688. The highest BCUT2D eigenvalue weighted by Gasteiger charge is 2.24. The molecule has 1 atom stereocenters. The van der Waals surface area contributed by atoms with Crippen LogP contribution in [0.2, 0.25) is 0 Å². The summed E-state index contributed by atoms with van der Waals surface area (Å²) in [5.74, 6) is 0. The van der Waals surface area contributed by atoms with Crippen molar-refractivity contribution in [2.24, 2.45) is 0 Å². The van der Waals surface area contributed by atoms with Gasteiger partial charge in [-0.05, 0) is 12.1 Å². The van der Waals surface area contributed by atoms with Crippen molar-refractivity contribution in [2.45, 2.75) is 12.5 Å². The summed E-state index contributed by atoms with van der Waals surface area (Å²) in [5.41, 5.74) is 4.43. The summed E-state index contributed by atoms with van der Waals surface area (Å²) in [6.07, 6.45) is 4.64. The van der Waals surface area contributed by atoms with Gasteiger partial charge in [-0.3, -0.25) is 9.50 Å². The van der Waals surface area contributed by atoms with Gasteiger partial charge in [-0.25, -0.2) is 0 Å². The van der Waals surface area contributed by atoms with E-state index in [4.69, 9.17) is 0 Å². The van der Waals surface area contributed by atoms with Gasteiger partial charge >= 0.3 is 0 Å². The summed E-state index contributed by atoms with van der Waals surface area (Å²) >= 11 is 0. The monoisotopic (exact) mass is 240 g/mol. The van der Waals surface area contributed by atoms with E-state index in [-0.39, 0.29) is 6.04 Å². The molecule has 0 saturated heterocycles. The molecule has 1 unspecified atom stereocenters. The number of hydrogen-bond acceptors (Lipinski definition) is 4. The SMILES string of the molecule is c1cc(C2NCCc3[nH]ncc32)n2cnnc2c1. The van der Waals surface area contributed by atoms with E-state index in [0.717, 1.165) is 24.3 Å². The molecule has 0 aliphatic carbocycles. The number of fused-ring (bicyclic) bond motifs is 2. The van der Waals surface area contributed by atoms with Crippen molar-refractivity contribution >= 4 is 5.65 Å². The molecule has 3 aromatic rings. The van der Waals surface area contributed by atoms with Crippen LogP contribution in [0.1, 0.15) is 23.0 Å². The predicted molar refractivity (Wildman–Crippen MR) is 65.1 cm³/mol. The number of rotatable bonds is 1. The van der Waals surface area contributed by atoms with E-state index in [0.29, 0.717) is 0 Å². The molecule has 90 valence electrons. The molecule has 0 fully saturated rings. The molecule has 6 heteroatoms. The van der Waals surface area contributed by atoms with E-state index in [9.17, 15) is 0 Å². The summed E-state index contributed by atoms with van der Waals surface area (Å²) in [6, 6.07) is 6.20. The minimum Gasteiger partial charge on any atom is -0.305 e. The fourth-order valence-electron chi connectivity index (χ4n) is 2.59. The van der Waals surface area contributed by atoms with E-state index in [1.807, 2.05) is 22.7 Å². The molecule has 2 N–H and O–H groups in total. The molecule has 0 spiro atoms. The van der Waals surface area contributed by atoms with E-state index in [1.165, 1.54) is 11.3 Å². The zero-order chi connectivity index (χ0) is 11.9. The van der Waals surface area contributed by atoms with E-state index in [2.05, 4.69) is 31.8 Å². The first kappa shape index (κ1) is 9.78. The highest BCUT2D eigenvalue weighted by molar-refractivity contribution is 5.42. The fourth-order valence-corrected chi connectivity index (χ4v) is 2.59. The molecule has 3 aromatic heterocycles. The van der Waals surface area contributed by atoms with Crippen LogP contribution in [0.25, 0.3) is 5.65 Å². The highest BCUT2D eigenvalue weighted by Crippen LogP contribution is 2.27. The molecular weight excluding hydrogens is 228 g/mol. The largest absolute Gasteiger partial charge is 0.305 e. The lowest BCUT2D eigenvalue weighted by atomic mass is 9.98. The van der Waals surface area contributed by atoms with Gasteiger partial charge in [0.05, 0.1) is 12.2 Å². The molecule has 0 amide bonds. The van der Waals surface area contributed by atoms with Crippen LogP contribution in [0.4, 0.5) is 0 Å². The zero-order valence-electron chi connectivity index (χ0n) is 9.67. The molecule has 0 bridgehead atoms. The smallest absolute Gasteiger partial charge is 0.160 e. The molecule has 4 heterocycles. The molecule has 0 saturated carbocycles. The number of hydrogen-bond donors (Lipinski definition) is 2. The van der Waals surface area contributed by atoms with Crippen LogP contribution in [0.3, 0.4) is 0 Å². The van der Waals surface area contributed by atoms with E-state index >= 15 is 0 Å². The summed E-state index contributed by atoms with van der Waals surface area (Å²) in [7, 11) is 0. The van der Waals surface area contributed by atoms with Crippen LogP contribution in [0.5, 0.6) is 0 Å². The first-order valence-electron chi connectivity index (χ1n) is 5.97. The Kier molecular flexibility index (Phi) is 1.98. The number of pyridine rings is 1. The third-order valence-electron chi connectivity index (χ3n) is 3.45. The van der Waals surface area contributed by atoms with Crippen molar-refractivity contribution < 1.29 is 0 Å². The molecule has 6 nitrogen and oxygen atoms in total. The fraction of sp³-hybridized carbons (Fsp3) is 0.250. The maximum atomic E-state index is 4.14. The Bertz CT molecular complexity index is 697. The van der Waals surface area contributed by atoms with E-state index < -0.39 is 0 Å². The number of H-pyrrole nitrogens is 1. The first-order chi connectivity index (χ1) is 8.93. The average Bonchev–Trinajstić information content (AvgIpc) is 3.06. The minimum absolute atomic E-state index is 0.146. The van der Waals surface area contributed by atoms with Crippen molar-refractivity contribution in [3.8, 4) is 0 Å². The van der Waals surface area contributed by atoms with Gasteiger partial charge in [0.2, 0.25) is 0 Å². The van der Waals surface area contributed by atoms with Gasteiger partial charge in [0, 0.05) is 29.9 Å². The third kappa shape index (κ3) is 1.29. The highest BCUT2D eigenvalue weighted by atomic mass is 15.2. The maximum Gasteiger partial charge on any atom is 0.160 e. The molecular formula is C12H12N6. The lowest BCUT2D eigenvalue weighted by Crippen LogP contribution is -2.31. The number of nitrogens with zero attached hydrogens (tertiary/aromatic N) is 4. The number of nitrogens with one attached hydrogen (secondary N) is 2. The molecule has 1 aliphatic rings. The van der Waals surface area contributed by atoms with Crippen LogP contribution >= 0.6 is 0 Å². The second-order valence-electron chi connectivity index (χ2n) is 4.45. The first-order valence-corrected chi connectivity index (χ1v) is 5.97. The quantitative estimate of drug-likeness (QED) is 0.656. The molecule has 1 aliphatic heterocycles. The number of aromatic nitrogens is 5. The van der Waals surface area contributed by atoms with Crippen LogP contribution in [-0.2, 0) is 6.42 Å². The Morgan fingerprint density at radius 3 is 3.33 bits per heavy atom. The lowest BCUT2D eigenvalue weighted by molar-refractivity contribution is 0.549. The Morgan fingerprint density at radius 1 is 1.33 bits per heavy atom. The average molecular weight is 240 g/mol. The molecule has 18 heavy (non-hydrogen) atoms. The normalized spacial score (nSPS) is 19.0. The van der Waals surface area contributed by atoms with Crippen LogP contribution in [0.15, 0.2) is 30.7 Å². The van der Waals surface area contributed by atoms with E-state index in [1.54, 1.807) is 6.33 Å². The van der Waals surface area contributed by atoms with Crippen molar-refractivity contribution in [1.29, 1.82) is 0 Å². The van der Waals surface area contributed by atoms with Crippen LogP contribution in [0, 0.1) is 0 Å². The molecule has 0 radical (unpaired) electrons. The van der Waals surface area contributed by atoms with Crippen molar-refractivity contribution in [3.05, 3.63) is 47.7 Å². The van der Waals surface area contributed by atoms with Gasteiger partial charge in [-0.1, -0.05) is 6.07 Å². The van der Waals surface area contributed by atoms with Crippen LogP contribution < -0.4 is 5.32 Å². The lowest BCUT2D eigenvalue weighted by Gasteiger charge is -2.24. The Labute approximate surface area is 103 Å². The summed E-state index contributed by atoms with van der Waals surface area (Å²) in [5, 5.41) is 18.8. The third-order valence-corrected chi connectivity index (χ3v) is 3.45. The van der Waals surface area contributed by atoms with Crippen molar-refractivity contribution in [2.75, 3.05) is 6.54 Å². The van der Waals surface area contributed by atoms with Crippen molar-refractivity contribution in [1.82, 2.24) is 30.1 Å². The van der Waals surface area contributed by atoms with Crippen molar-refractivity contribution in [3.63, 3.8) is 0 Å².